The summed E-state index contributed by atoms with van der Waals surface area (Å²) in [5, 5.41) is 1.31. The Bertz CT molecular complexity index is 1420. The first-order valence-electron chi connectivity index (χ1n) is 9.94. The molecule has 0 radical (unpaired) electrons. The van der Waals surface area contributed by atoms with E-state index in [1.165, 1.54) is 11.3 Å². The van der Waals surface area contributed by atoms with Crippen molar-refractivity contribution < 1.29 is 23.1 Å². The number of thiazole rings is 1. The Morgan fingerprint density at radius 3 is 2.69 bits per heavy atom. The molecule has 0 saturated carbocycles. The van der Waals surface area contributed by atoms with Crippen LogP contribution >= 0.6 is 11.3 Å². The number of carbonyl (C=O) groups excluding carboxylic acids is 1. The number of carbonyl (C=O) groups is 1. The number of aryl methyl sites for hydroxylation is 1. The van der Waals surface area contributed by atoms with Crippen LogP contribution in [0, 0.1) is 6.92 Å². The van der Waals surface area contributed by atoms with Crippen molar-refractivity contribution in [3.63, 3.8) is 0 Å². The molecule has 5 rings (SSSR count). The predicted octanol–water partition coefficient (Wildman–Crippen LogP) is 5.81. The molecule has 0 atom stereocenters. The lowest BCUT2D eigenvalue weighted by molar-refractivity contribution is 0.0958. The highest BCUT2D eigenvalue weighted by Gasteiger charge is 2.27. The fourth-order valence-corrected chi connectivity index (χ4v) is 4.65. The average molecular weight is 449 g/mol. The standard InChI is InChI=1S/C24H20N2O5S/c1-14-9-10-17(28-2)20-22(14)32-24(25-20)26(13-16-7-5-11-30-16)23(27)19-12-15-6-4-8-18(29-3)21(15)31-19/h4-12H,13H2,1-3H3. The van der Waals surface area contributed by atoms with Gasteiger partial charge in [-0.2, -0.15) is 0 Å². The molecule has 3 aromatic heterocycles. The molecular weight excluding hydrogens is 428 g/mol. The zero-order valence-corrected chi connectivity index (χ0v) is 18.6. The maximum Gasteiger partial charge on any atom is 0.296 e. The lowest BCUT2D eigenvalue weighted by atomic mass is 10.2. The van der Waals surface area contributed by atoms with E-state index in [4.69, 9.17) is 23.3 Å². The van der Waals surface area contributed by atoms with Crippen molar-refractivity contribution in [2.45, 2.75) is 13.5 Å². The van der Waals surface area contributed by atoms with E-state index < -0.39 is 0 Å². The number of rotatable bonds is 6. The number of ether oxygens (including phenoxy) is 2. The van der Waals surface area contributed by atoms with Crippen LogP contribution in [0.15, 0.2) is 63.6 Å². The number of nitrogens with zero attached hydrogens (tertiary/aromatic N) is 2. The summed E-state index contributed by atoms with van der Waals surface area (Å²) in [5.74, 6) is 1.73. The summed E-state index contributed by atoms with van der Waals surface area (Å²) >= 11 is 1.43. The number of aromatic nitrogens is 1. The van der Waals surface area contributed by atoms with Gasteiger partial charge in [-0.25, -0.2) is 4.98 Å². The SMILES string of the molecule is COc1ccc(C)c2sc(N(Cc3ccco3)C(=O)c3cc4cccc(OC)c4o3)nc12. The lowest BCUT2D eigenvalue weighted by Crippen LogP contribution is -2.29. The molecule has 32 heavy (non-hydrogen) atoms. The van der Waals surface area contributed by atoms with Gasteiger partial charge in [-0.3, -0.25) is 9.69 Å². The first kappa shape index (κ1) is 20.1. The minimum Gasteiger partial charge on any atom is -0.494 e. The molecule has 0 aliphatic carbocycles. The summed E-state index contributed by atoms with van der Waals surface area (Å²) in [6, 6.07) is 14.7. The van der Waals surface area contributed by atoms with Crippen LogP contribution in [-0.2, 0) is 6.54 Å². The van der Waals surface area contributed by atoms with Gasteiger partial charge in [0.15, 0.2) is 22.2 Å². The lowest BCUT2D eigenvalue weighted by Gasteiger charge is -2.17. The highest BCUT2D eigenvalue weighted by molar-refractivity contribution is 7.22. The molecule has 3 heterocycles. The van der Waals surface area contributed by atoms with Gasteiger partial charge in [0.05, 0.1) is 31.7 Å². The molecule has 0 aliphatic rings. The first-order valence-corrected chi connectivity index (χ1v) is 10.8. The van der Waals surface area contributed by atoms with E-state index in [0.29, 0.717) is 28.0 Å². The summed E-state index contributed by atoms with van der Waals surface area (Å²) in [5.41, 5.74) is 2.30. The van der Waals surface area contributed by atoms with E-state index in [1.807, 2.05) is 37.3 Å². The van der Waals surface area contributed by atoms with Gasteiger partial charge in [-0.15, -0.1) is 0 Å². The summed E-state index contributed by atoms with van der Waals surface area (Å²) in [6.07, 6.45) is 1.58. The Kier molecular flexibility index (Phi) is 5.07. The van der Waals surface area contributed by atoms with Gasteiger partial charge in [-0.05, 0) is 42.8 Å². The zero-order valence-electron chi connectivity index (χ0n) is 17.7. The largest absolute Gasteiger partial charge is 0.494 e. The van der Waals surface area contributed by atoms with Crippen molar-refractivity contribution in [2.24, 2.45) is 0 Å². The Labute approximate surface area is 187 Å². The van der Waals surface area contributed by atoms with Crippen LogP contribution in [0.2, 0.25) is 0 Å². The Balaban J connectivity index is 1.62. The molecule has 0 fully saturated rings. The Morgan fingerprint density at radius 2 is 1.94 bits per heavy atom. The zero-order chi connectivity index (χ0) is 22.2. The van der Waals surface area contributed by atoms with E-state index in [2.05, 4.69) is 0 Å². The molecule has 162 valence electrons. The van der Waals surface area contributed by atoms with E-state index in [1.54, 1.807) is 43.6 Å². The third-order valence-corrected chi connectivity index (χ3v) is 6.43. The summed E-state index contributed by atoms with van der Waals surface area (Å²) in [7, 11) is 3.18. The van der Waals surface area contributed by atoms with Crippen LogP contribution in [0.3, 0.4) is 0 Å². The molecule has 0 spiro atoms. The van der Waals surface area contributed by atoms with Crippen LogP contribution in [0.1, 0.15) is 21.9 Å². The highest BCUT2D eigenvalue weighted by atomic mass is 32.1. The van der Waals surface area contributed by atoms with Crippen LogP contribution in [0.25, 0.3) is 21.2 Å². The molecule has 7 nitrogen and oxygen atoms in total. The van der Waals surface area contributed by atoms with E-state index in [9.17, 15) is 4.79 Å². The first-order chi connectivity index (χ1) is 15.6. The van der Waals surface area contributed by atoms with Crippen molar-refractivity contribution >= 4 is 43.6 Å². The second kappa shape index (κ2) is 8.05. The molecule has 1 amide bonds. The van der Waals surface area contributed by atoms with Crippen molar-refractivity contribution in [1.29, 1.82) is 0 Å². The second-order valence-corrected chi connectivity index (χ2v) is 8.20. The second-order valence-electron chi connectivity index (χ2n) is 7.22. The summed E-state index contributed by atoms with van der Waals surface area (Å²) in [4.78, 5) is 20.0. The average Bonchev–Trinajstić information content (AvgIpc) is 3.56. The number of hydrogen-bond acceptors (Lipinski definition) is 7. The van der Waals surface area contributed by atoms with Gasteiger partial charge in [0.2, 0.25) is 0 Å². The fraction of sp³-hybridized carbons (Fsp3) is 0.167. The van der Waals surface area contributed by atoms with Gasteiger partial charge in [-0.1, -0.05) is 29.5 Å². The number of methoxy groups -OCH3 is 2. The normalized spacial score (nSPS) is 11.2. The van der Waals surface area contributed by atoms with Crippen LogP contribution < -0.4 is 14.4 Å². The third kappa shape index (κ3) is 3.38. The number of furan rings is 2. The molecule has 0 unspecified atom stereocenters. The molecule has 0 saturated heterocycles. The maximum absolute atomic E-state index is 13.6. The van der Waals surface area contributed by atoms with Crippen molar-refractivity contribution in [3.8, 4) is 11.5 Å². The maximum atomic E-state index is 13.6. The van der Waals surface area contributed by atoms with Crippen molar-refractivity contribution in [3.05, 3.63) is 71.9 Å². The van der Waals surface area contributed by atoms with Gasteiger partial charge in [0.25, 0.3) is 5.91 Å². The van der Waals surface area contributed by atoms with E-state index in [-0.39, 0.29) is 18.2 Å². The molecule has 8 heteroatoms. The summed E-state index contributed by atoms with van der Waals surface area (Å²) < 4.78 is 23.3. The molecule has 0 bridgehead atoms. The summed E-state index contributed by atoms with van der Waals surface area (Å²) in [6.45, 7) is 2.22. The number of amides is 1. The molecule has 5 aromatic rings. The van der Waals surface area contributed by atoms with Crippen LogP contribution in [0.5, 0.6) is 11.5 Å². The molecule has 0 N–H and O–H groups in total. The monoisotopic (exact) mass is 448 g/mol. The van der Waals surface area contributed by atoms with Crippen molar-refractivity contribution in [1.82, 2.24) is 4.98 Å². The predicted molar refractivity (Wildman–Crippen MR) is 123 cm³/mol. The number of para-hydroxylation sites is 1. The van der Waals surface area contributed by atoms with Gasteiger partial charge in [0.1, 0.15) is 17.0 Å². The number of anilines is 1. The minimum atomic E-state index is -0.324. The smallest absolute Gasteiger partial charge is 0.296 e. The number of hydrogen-bond donors (Lipinski definition) is 0. The molecular formula is C24H20N2O5S. The topological polar surface area (TPSA) is 77.9 Å². The Morgan fingerprint density at radius 1 is 1.09 bits per heavy atom. The fourth-order valence-electron chi connectivity index (χ4n) is 3.60. The van der Waals surface area contributed by atoms with Crippen molar-refractivity contribution in [2.75, 3.05) is 19.1 Å². The van der Waals surface area contributed by atoms with Crippen LogP contribution in [-0.4, -0.2) is 25.1 Å². The van der Waals surface area contributed by atoms with E-state index >= 15 is 0 Å². The van der Waals surface area contributed by atoms with Crippen LogP contribution in [0.4, 0.5) is 5.13 Å². The van der Waals surface area contributed by atoms with Gasteiger partial charge in [0, 0.05) is 5.39 Å². The highest BCUT2D eigenvalue weighted by Crippen LogP contribution is 2.38. The van der Waals surface area contributed by atoms with E-state index in [0.717, 1.165) is 21.2 Å². The van der Waals surface area contributed by atoms with Gasteiger partial charge >= 0.3 is 0 Å². The Hall–Kier alpha value is -3.78. The van der Waals surface area contributed by atoms with Gasteiger partial charge < -0.3 is 18.3 Å². The third-order valence-electron chi connectivity index (χ3n) is 5.22. The molecule has 0 aliphatic heterocycles. The number of fused-ring (bicyclic) bond motifs is 2. The minimum absolute atomic E-state index is 0.194. The number of benzene rings is 2. The quantitative estimate of drug-likeness (QED) is 0.326. The molecule has 2 aromatic carbocycles.